The number of rotatable bonds is 3. The van der Waals surface area contributed by atoms with E-state index < -0.39 is 0 Å². The predicted molar refractivity (Wildman–Crippen MR) is 92.1 cm³/mol. The maximum absolute atomic E-state index is 12.3. The van der Waals surface area contributed by atoms with Crippen molar-refractivity contribution in [2.75, 3.05) is 5.32 Å². The van der Waals surface area contributed by atoms with Crippen LogP contribution in [-0.4, -0.2) is 15.9 Å². The summed E-state index contributed by atoms with van der Waals surface area (Å²) < 4.78 is 5.42. The summed E-state index contributed by atoms with van der Waals surface area (Å²) in [6.45, 7) is 1.79. The van der Waals surface area contributed by atoms with Crippen molar-refractivity contribution in [2.45, 2.75) is 6.92 Å². The molecule has 1 amide bonds. The van der Waals surface area contributed by atoms with E-state index in [0.717, 1.165) is 16.1 Å². The SMILES string of the molecule is Cc1nc2cc(NC(=O)c3csc(-c4ccsc4)n3)ccc2o1. The molecule has 0 unspecified atom stereocenters. The van der Waals surface area contributed by atoms with Gasteiger partial charge >= 0.3 is 0 Å². The number of nitrogens with zero attached hydrogens (tertiary/aromatic N) is 2. The summed E-state index contributed by atoms with van der Waals surface area (Å²) in [6, 6.07) is 7.36. The van der Waals surface area contributed by atoms with Gasteiger partial charge in [-0.15, -0.1) is 11.3 Å². The minimum Gasteiger partial charge on any atom is -0.441 e. The second-order valence-electron chi connectivity index (χ2n) is 4.92. The van der Waals surface area contributed by atoms with Crippen LogP contribution >= 0.6 is 22.7 Å². The van der Waals surface area contributed by atoms with Gasteiger partial charge in [0.1, 0.15) is 16.2 Å². The molecule has 0 fully saturated rings. The molecule has 0 saturated carbocycles. The number of fused-ring (bicyclic) bond motifs is 1. The number of thiazole rings is 1. The Morgan fingerprint density at radius 2 is 2.13 bits per heavy atom. The summed E-state index contributed by atoms with van der Waals surface area (Å²) in [5.74, 6) is 0.366. The van der Waals surface area contributed by atoms with E-state index in [1.54, 1.807) is 41.8 Å². The van der Waals surface area contributed by atoms with Gasteiger partial charge in [0.15, 0.2) is 11.5 Å². The van der Waals surface area contributed by atoms with Gasteiger partial charge in [-0.3, -0.25) is 4.79 Å². The van der Waals surface area contributed by atoms with Crippen molar-refractivity contribution in [2.24, 2.45) is 0 Å². The number of nitrogens with one attached hydrogen (secondary N) is 1. The number of aryl methyl sites for hydroxylation is 1. The molecule has 1 N–H and O–H groups in total. The molecule has 1 aromatic carbocycles. The first kappa shape index (κ1) is 14.1. The van der Waals surface area contributed by atoms with Crippen LogP contribution in [0.5, 0.6) is 0 Å². The monoisotopic (exact) mass is 341 g/mol. The Morgan fingerprint density at radius 3 is 2.96 bits per heavy atom. The topological polar surface area (TPSA) is 68.0 Å². The van der Waals surface area contributed by atoms with E-state index in [1.165, 1.54) is 11.3 Å². The quantitative estimate of drug-likeness (QED) is 0.592. The predicted octanol–water partition coefficient (Wildman–Crippen LogP) is 4.57. The molecule has 7 heteroatoms. The first-order chi connectivity index (χ1) is 11.2. The van der Waals surface area contributed by atoms with Gasteiger partial charge in [-0.2, -0.15) is 11.3 Å². The van der Waals surface area contributed by atoms with Crippen LogP contribution in [0, 0.1) is 6.92 Å². The first-order valence-electron chi connectivity index (χ1n) is 6.86. The molecule has 23 heavy (non-hydrogen) atoms. The molecule has 0 spiro atoms. The van der Waals surface area contributed by atoms with Crippen LogP contribution in [0.4, 0.5) is 5.69 Å². The van der Waals surface area contributed by atoms with Crippen LogP contribution in [0.25, 0.3) is 21.7 Å². The number of carbonyl (C=O) groups excluding carboxylic acids is 1. The fourth-order valence-corrected chi connectivity index (χ4v) is 3.72. The number of hydrogen-bond donors (Lipinski definition) is 1. The van der Waals surface area contributed by atoms with Crippen molar-refractivity contribution < 1.29 is 9.21 Å². The summed E-state index contributed by atoms with van der Waals surface area (Å²) in [4.78, 5) is 21.0. The van der Waals surface area contributed by atoms with Gasteiger partial charge in [0.2, 0.25) is 0 Å². The molecular weight excluding hydrogens is 330 g/mol. The van der Waals surface area contributed by atoms with E-state index in [4.69, 9.17) is 4.42 Å². The number of hydrogen-bond acceptors (Lipinski definition) is 6. The Kier molecular flexibility index (Phi) is 3.44. The third-order valence-electron chi connectivity index (χ3n) is 3.26. The van der Waals surface area contributed by atoms with Crippen LogP contribution in [0.15, 0.2) is 44.8 Å². The average Bonchev–Trinajstić information content (AvgIpc) is 3.26. The smallest absolute Gasteiger partial charge is 0.275 e. The Hall–Kier alpha value is -2.51. The van der Waals surface area contributed by atoms with Crippen LogP contribution in [0.1, 0.15) is 16.4 Å². The molecule has 0 aliphatic rings. The molecule has 4 rings (SSSR count). The molecule has 3 aromatic heterocycles. The van der Waals surface area contributed by atoms with Crippen molar-refractivity contribution in [1.29, 1.82) is 0 Å². The first-order valence-corrected chi connectivity index (χ1v) is 8.68. The standard InChI is InChI=1S/C16H11N3O2S2/c1-9-17-12-6-11(2-3-14(12)21-9)18-15(20)13-8-23-16(19-13)10-4-5-22-7-10/h2-8H,1H3,(H,18,20). The number of benzene rings is 1. The Bertz CT molecular complexity index is 986. The zero-order valence-electron chi connectivity index (χ0n) is 12.1. The third-order valence-corrected chi connectivity index (χ3v) is 4.83. The molecule has 3 heterocycles. The van der Waals surface area contributed by atoms with Crippen LogP contribution < -0.4 is 5.32 Å². The molecule has 0 atom stereocenters. The second-order valence-corrected chi connectivity index (χ2v) is 6.56. The molecule has 4 aromatic rings. The zero-order valence-corrected chi connectivity index (χ0v) is 13.7. The summed E-state index contributed by atoms with van der Waals surface area (Å²) in [6.07, 6.45) is 0. The lowest BCUT2D eigenvalue weighted by Crippen LogP contribution is -2.12. The number of thiophene rings is 1. The van der Waals surface area contributed by atoms with Crippen LogP contribution in [0.2, 0.25) is 0 Å². The maximum atomic E-state index is 12.3. The highest BCUT2D eigenvalue weighted by Crippen LogP contribution is 2.26. The Balaban J connectivity index is 1.56. The van der Waals surface area contributed by atoms with Gasteiger partial charge in [-0.05, 0) is 29.6 Å². The van der Waals surface area contributed by atoms with Gasteiger partial charge in [0.25, 0.3) is 5.91 Å². The fourth-order valence-electron chi connectivity index (χ4n) is 2.21. The summed E-state index contributed by atoms with van der Waals surface area (Å²) in [5, 5.41) is 9.46. The maximum Gasteiger partial charge on any atom is 0.275 e. The Labute approximate surface area is 139 Å². The molecule has 0 saturated heterocycles. The van der Waals surface area contributed by atoms with Crippen LogP contribution in [0.3, 0.4) is 0 Å². The number of anilines is 1. The Morgan fingerprint density at radius 1 is 1.22 bits per heavy atom. The molecule has 0 aliphatic carbocycles. The number of amides is 1. The number of carbonyl (C=O) groups is 1. The minimum atomic E-state index is -0.234. The lowest BCUT2D eigenvalue weighted by molar-refractivity contribution is 0.102. The highest BCUT2D eigenvalue weighted by atomic mass is 32.1. The van der Waals surface area contributed by atoms with Gasteiger partial charge in [-0.25, -0.2) is 9.97 Å². The fraction of sp³-hybridized carbons (Fsp3) is 0.0625. The average molecular weight is 341 g/mol. The minimum absolute atomic E-state index is 0.234. The third kappa shape index (κ3) is 2.76. The number of aromatic nitrogens is 2. The van der Waals surface area contributed by atoms with E-state index in [1.807, 2.05) is 16.8 Å². The lowest BCUT2D eigenvalue weighted by Gasteiger charge is -2.02. The summed E-state index contributed by atoms with van der Waals surface area (Å²) in [5.41, 5.74) is 3.54. The van der Waals surface area contributed by atoms with E-state index in [0.29, 0.717) is 22.9 Å². The molecule has 0 radical (unpaired) electrons. The highest BCUT2D eigenvalue weighted by molar-refractivity contribution is 7.14. The zero-order chi connectivity index (χ0) is 15.8. The summed E-state index contributed by atoms with van der Waals surface area (Å²) in [7, 11) is 0. The largest absolute Gasteiger partial charge is 0.441 e. The van der Waals surface area contributed by atoms with Gasteiger partial charge in [-0.1, -0.05) is 0 Å². The normalized spacial score (nSPS) is 11.0. The highest BCUT2D eigenvalue weighted by Gasteiger charge is 2.13. The molecule has 5 nitrogen and oxygen atoms in total. The van der Waals surface area contributed by atoms with Crippen molar-refractivity contribution >= 4 is 45.4 Å². The van der Waals surface area contributed by atoms with E-state index in [-0.39, 0.29) is 5.91 Å². The lowest BCUT2D eigenvalue weighted by atomic mass is 10.3. The van der Waals surface area contributed by atoms with E-state index in [2.05, 4.69) is 15.3 Å². The summed E-state index contributed by atoms with van der Waals surface area (Å²) >= 11 is 3.07. The van der Waals surface area contributed by atoms with Crippen LogP contribution in [-0.2, 0) is 0 Å². The van der Waals surface area contributed by atoms with Gasteiger partial charge < -0.3 is 9.73 Å². The molecule has 0 bridgehead atoms. The second kappa shape index (κ2) is 5.60. The molecular formula is C16H11N3O2S2. The van der Waals surface area contributed by atoms with Crippen molar-refractivity contribution in [3.05, 3.63) is 52.0 Å². The van der Waals surface area contributed by atoms with Crippen molar-refractivity contribution in [3.63, 3.8) is 0 Å². The molecule has 114 valence electrons. The van der Waals surface area contributed by atoms with Gasteiger partial charge in [0, 0.05) is 28.9 Å². The van der Waals surface area contributed by atoms with Gasteiger partial charge in [0.05, 0.1) is 0 Å². The van der Waals surface area contributed by atoms with Crippen molar-refractivity contribution in [3.8, 4) is 10.6 Å². The van der Waals surface area contributed by atoms with Crippen molar-refractivity contribution in [1.82, 2.24) is 9.97 Å². The molecule has 0 aliphatic heterocycles. The van der Waals surface area contributed by atoms with E-state index in [9.17, 15) is 4.79 Å². The van der Waals surface area contributed by atoms with E-state index >= 15 is 0 Å². The number of oxazole rings is 1.